The standard InChI is InChI=1S/C14H17N5O5/c1-14(2)23-9-7(3-20)22-13(10(9)24-14)19-5-17-8-11(18-6-21)15-4-16-12(8)19/h4-7,9-10,13,20H,3H2,1-2H3,(H,15,16,18,21)/t7-,9-,10-,13-/m1/s1. The van der Waals surface area contributed by atoms with Gasteiger partial charge in [0.1, 0.15) is 24.6 Å². The summed E-state index contributed by atoms with van der Waals surface area (Å²) >= 11 is 0. The highest BCUT2D eigenvalue weighted by molar-refractivity contribution is 5.88. The van der Waals surface area contributed by atoms with Gasteiger partial charge in [0.15, 0.2) is 29.0 Å². The molecule has 0 bridgehead atoms. The van der Waals surface area contributed by atoms with Gasteiger partial charge in [-0.05, 0) is 13.8 Å². The van der Waals surface area contributed by atoms with E-state index in [0.29, 0.717) is 23.4 Å². The number of ether oxygens (including phenoxy) is 3. The van der Waals surface area contributed by atoms with Gasteiger partial charge in [-0.25, -0.2) is 15.0 Å². The highest BCUT2D eigenvalue weighted by atomic mass is 16.8. The van der Waals surface area contributed by atoms with E-state index in [9.17, 15) is 9.90 Å². The molecule has 2 aromatic rings. The Balaban J connectivity index is 1.75. The van der Waals surface area contributed by atoms with Gasteiger partial charge in [-0.2, -0.15) is 0 Å². The first-order chi connectivity index (χ1) is 11.5. The molecule has 4 atom stereocenters. The lowest BCUT2D eigenvalue weighted by atomic mass is 10.1. The Kier molecular flexibility index (Phi) is 3.49. The number of nitrogens with one attached hydrogen (secondary N) is 1. The number of nitrogens with zero attached hydrogens (tertiary/aromatic N) is 4. The lowest BCUT2D eigenvalue weighted by Gasteiger charge is -2.24. The molecule has 0 saturated carbocycles. The summed E-state index contributed by atoms with van der Waals surface area (Å²) in [7, 11) is 0. The zero-order valence-corrected chi connectivity index (χ0v) is 13.1. The monoisotopic (exact) mass is 335 g/mol. The zero-order chi connectivity index (χ0) is 16.9. The van der Waals surface area contributed by atoms with Crippen LogP contribution in [0.15, 0.2) is 12.7 Å². The molecule has 10 heteroatoms. The number of fused-ring (bicyclic) bond motifs is 2. The lowest BCUT2D eigenvalue weighted by Crippen LogP contribution is -2.31. The van der Waals surface area contributed by atoms with Crippen molar-refractivity contribution in [1.82, 2.24) is 19.5 Å². The Morgan fingerprint density at radius 3 is 2.88 bits per heavy atom. The summed E-state index contributed by atoms with van der Waals surface area (Å²) in [5.74, 6) is -0.452. The number of hydrogen-bond donors (Lipinski definition) is 2. The van der Waals surface area contributed by atoms with Crippen molar-refractivity contribution in [2.45, 2.75) is 44.2 Å². The van der Waals surface area contributed by atoms with E-state index in [1.165, 1.54) is 6.33 Å². The van der Waals surface area contributed by atoms with Crippen molar-refractivity contribution in [1.29, 1.82) is 0 Å². The maximum atomic E-state index is 10.7. The lowest BCUT2D eigenvalue weighted by molar-refractivity contribution is -0.199. The fraction of sp³-hybridized carbons (Fsp3) is 0.571. The quantitative estimate of drug-likeness (QED) is 0.737. The molecule has 4 heterocycles. The summed E-state index contributed by atoms with van der Waals surface area (Å²) in [4.78, 5) is 23.2. The Morgan fingerprint density at radius 1 is 1.33 bits per heavy atom. The summed E-state index contributed by atoms with van der Waals surface area (Å²) in [5, 5.41) is 12.1. The summed E-state index contributed by atoms with van der Waals surface area (Å²) in [6.45, 7) is 3.45. The van der Waals surface area contributed by atoms with Gasteiger partial charge in [-0.15, -0.1) is 0 Å². The van der Waals surface area contributed by atoms with Gasteiger partial charge >= 0.3 is 0 Å². The molecule has 2 fully saturated rings. The fourth-order valence-corrected chi connectivity index (χ4v) is 3.23. The summed E-state index contributed by atoms with van der Waals surface area (Å²) in [5.41, 5.74) is 0.931. The van der Waals surface area contributed by atoms with E-state index in [-0.39, 0.29) is 12.7 Å². The molecule has 4 rings (SSSR count). The average Bonchev–Trinajstić information content (AvgIpc) is 3.18. The van der Waals surface area contributed by atoms with E-state index in [0.717, 1.165) is 0 Å². The minimum atomic E-state index is -0.764. The molecule has 2 N–H and O–H groups in total. The predicted octanol–water partition coefficient (Wildman–Crippen LogP) is -0.196. The minimum absolute atomic E-state index is 0.184. The molecule has 2 saturated heterocycles. The minimum Gasteiger partial charge on any atom is -0.394 e. The van der Waals surface area contributed by atoms with E-state index >= 15 is 0 Å². The molecule has 1 amide bonds. The van der Waals surface area contributed by atoms with Crippen LogP contribution in [0.3, 0.4) is 0 Å². The SMILES string of the molecule is CC1(C)O[C@@H]2[C@H](O1)[C@@H](CO)O[C@H]2n1cnc2c(NC=O)ncnc21. The van der Waals surface area contributed by atoms with Crippen LogP contribution in [0.5, 0.6) is 0 Å². The third-order valence-electron chi connectivity index (χ3n) is 4.13. The Hall–Kier alpha value is -2.14. The highest BCUT2D eigenvalue weighted by Gasteiger charge is 2.55. The number of aliphatic hydroxyl groups is 1. The number of aromatic nitrogens is 4. The maximum absolute atomic E-state index is 10.7. The first-order valence-electron chi connectivity index (χ1n) is 7.54. The Labute approximate surface area is 136 Å². The van der Waals surface area contributed by atoms with Crippen molar-refractivity contribution in [2.24, 2.45) is 0 Å². The normalized spacial score (nSPS) is 31.3. The number of carbonyl (C=O) groups excluding carboxylic acids is 1. The average molecular weight is 335 g/mol. The molecule has 128 valence electrons. The predicted molar refractivity (Wildman–Crippen MR) is 79.8 cm³/mol. The van der Waals surface area contributed by atoms with Gasteiger partial charge in [0.25, 0.3) is 0 Å². The van der Waals surface area contributed by atoms with E-state index in [1.54, 1.807) is 10.9 Å². The van der Waals surface area contributed by atoms with Crippen LogP contribution in [0.1, 0.15) is 20.1 Å². The van der Waals surface area contributed by atoms with Gasteiger partial charge < -0.3 is 24.6 Å². The molecule has 0 aliphatic carbocycles. The molecule has 2 aliphatic rings. The van der Waals surface area contributed by atoms with Crippen LogP contribution >= 0.6 is 0 Å². The second-order valence-corrected chi connectivity index (χ2v) is 6.12. The first kappa shape index (κ1) is 15.4. The number of aliphatic hydroxyl groups excluding tert-OH is 1. The van der Waals surface area contributed by atoms with Crippen LogP contribution in [0.4, 0.5) is 5.82 Å². The second-order valence-electron chi connectivity index (χ2n) is 6.12. The molecule has 0 unspecified atom stereocenters. The zero-order valence-electron chi connectivity index (χ0n) is 13.1. The molecule has 10 nitrogen and oxygen atoms in total. The molecule has 2 aromatic heterocycles. The smallest absolute Gasteiger partial charge is 0.212 e. The molecular weight excluding hydrogens is 318 g/mol. The summed E-state index contributed by atoms with van der Waals surface area (Å²) < 4.78 is 19.4. The molecule has 0 radical (unpaired) electrons. The topological polar surface area (TPSA) is 121 Å². The van der Waals surface area contributed by atoms with Crippen LogP contribution in [-0.4, -0.2) is 61.7 Å². The van der Waals surface area contributed by atoms with Gasteiger partial charge in [0.2, 0.25) is 6.41 Å². The van der Waals surface area contributed by atoms with Crippen LogP contribution in [0.2, 0.25) is 0 Å². The van der Waals surface area contributed by atoms with Gasteiger partial charge in [-0.1, -0.05) is 0 Å². The molecule has 0 spiro atoms. The molecule has 2 aliphatic heterocycles. The Morgan fingerprint density at radius 2 is 2.12 bits per heavy atom. The third-order valence-corrected chi connectivity index (χ3v) is 4.13. The second kappa shape index (κ2) is 5.45. The van der Waals surface area contributed by atoms with Crippen LogP contribution in [-0.2, 0) is 19.0 Å². The van der Waals surface area contributed by atoms with E-state index in [4.69, 9.17) is 14.2 Å². The van der Waals surface area contributed by atoms with Gasteiger partial charge in [-0.3, -0.25) is 9.36 Å². The summed E-state index contributed by atoms with van der Waals surface area (Å²) in [6, 6.07) is 0. The largest absolute Gasteiger partial charge is 0.394 e. The number of imidazole rings is 1. The fourth-order valence-electron chi connectivity index (χ4n) is 3.23. The number of carbonyl (C=O) groups is 1. The van der Waals surface area contributed by atoms with Crippen molar-refractivity contribution in [3.05, 3.63) is 12.7 Å². The van der Waals surface area contributed by atoms with Crippen LogP contribution in [0, 0.1) is 0 Å². The van der Waals surface area contributed by atoms with Crippen molar-refractivity contribution < 1.29 is 24.1 Å². The van der Waals surface area contributed by atoms with E-state index < -0.39 is 24.2 Å². The number of amides is 1. The van der Waals surface area contributed by atoms with E-state index in [2.05, 4.69) is 20.3 Å². The third kappa shape index (κ3) is 2.26. The number of anilines is 1. The van der Waals surface area contributed by atoms with E-state index in [1.807, 2.05) is 13.8 Å². The van der Waals surface area contributed by atoms with Gasteiger partial charge in [0.05, 0.1) is 12.9 Å². The van der Waals surface area contributed by atoms with Gasteiger partial charge in [0, 0.05) is 0 Å². The van der Waals surface area contributed by atoms with Crippen LogP contribution < -0.4 is 5.32 Å². The maximum Gasteiger partial charge on any atom is 0.212 e. The Bertz CT molecular complexity index is 778. The van der Waals surface area contributed by atoms with Crippen molar-refractivity contribution in [2.75, 3.05) is 11.9 Å². The highest BCUT2D eigenvalue weighted by Crippen LogP contribution is 2.43. The van der Waals surface area contributed by atoms with Crippen molar-refractivity contribution in [3.63, 3.8) is 0 Å². The molecule has 24 heavy (non-hydrogen) atoms. The summed E-state index contributed by atoms with van der Waals surface area (Å²) in [6.07, 6.45) is 1.55. The number of rotatable bonds is 4. The number of hydrogen-bond acceptors (Lipinski definition) is 8. The molecular formula is C14H17N5O5. The van der Waals surface area contributed by atoms with Crippen LogP contribution in [0.25, 0.3) is 11.2 Å². The van der Waals surface area contributed by atoms with Crippen molar-refractivity contribution >= 4 is 23.4 Å². The first-order valence-corrected chi connectivity index (χ1v) is 7.54. The molecule has 0 aromatic carbocycles. The van der Waals surface area contributed by atoms with Crippen molar-refractivity contribution in [3.8, 4) is 0 Å².